The highest BCUT2D eigenvalue weighted by atomic mass is 32.2. The molecule has 0 aliphatic heterocycles. The second-order valence-electron chi connectivity index (χ2n) is 5.21. The average Bonchev–Trinajstić information content (AvgIpc) is 3.01. The molecule has 0 fully saturated rings. The maximum atomic E-state index is 11.3. The smallest absolute Gasteiger partial charge is 0.247 e. The van der Waals surface area contributed by atoms with Crippen molar-refractivity contribution in [3.63, 3.8) is 0 Å². The molecular formula is C15H28N4O3S2. The highest BCUT2D eigenvalue weighted by Crippen LogP contribution is 2.20. The maximum absolute atomic E-state index is 11.3. The van der Waals surface area contributed by atoms with Crippen LogP contribution >= 0.6 is 11.3 Å². The van der Waals surface area contributed by atoms with Crippen molar-refractivity contribution >= 4 is 27.3 Å². The molecule has 0 atom stereocenters. The molecular weight excluding hydrogens is 348 g/mol. The van der Waals surface area contributed by atoms with Crippen LogP contribution in [0.25, 0.3) is 0 Å². The molecule has 138 valence electrons. The number of sulfonamides is 1. The first kappa shape index (κ1) is 20.9. The molecule has 0 aromatic carbocycles. The Morgan fingerprint density at radius 2 is 2.00 bits per heavy atom. The summed E-state index contributed by atoms with van der Waals surface area (Å²) in [6.45, 7) is 7.61. The third-order valence-corrected chi connectivity index (χ3v) is 5.56. The van der Waals surface area contributed by atoms with E-state index in [4.69, 9.17) is 9.88 Å². The summed E-state index contributed by atoms with van der Waals surface area (Å²) in [7, 11) is -3.63. The fourth-order valence-corrected chi connectivity index (χ4v) is 3.53. The highest BCUT2D eigenvalue weighted by molar-refractivity contribution is 7.91. The van der Waals surface area contributed by atoms with Crippen LogP contribution in [-0.4, -0.2) is 40.7 Å². The van der Waals surface area contributed by atoms with Gasteiger partial charge in [0.1, 0.15) is 4.21 Å². The minimum Gasteiger partial charge on any atom is -0.381 e. The standard InChI is InChI=1S/C15H28N4O3S2/c1-3-5-10-22-11-6-9-18-15(17-4-2)19-12-13-7-8-14(23-13)24(16,20)21/h7-8H,3-6,9-12H2,1-2H3,(H2,16,20,21)(H2,17,18,19). The van der Waals surface area contributed by atoms with Gasteiger partial charge in [0, 0.05) is 31.2 Å². The van der Waals surface area contributed by atoms with Crippen molar-refractivity contribution in [3.05, 3.63) is 17.0 Å². The highest BCUT2D eigenvalue weighted by Gasteiger charge is 2.10. The number of hydrogen-bond acceptors (Lipinski definition) is 5. The van der Waals surface area contributed by atoms with E-state index in [1.165, 1.54) is 6.07 Å². The molecule has 0 saturated heterocycles. The Hall–Kier alpha value is -1.16. The molecule has 1 aromatic heterocycles. The Morgan fingerprint density at radius 1 is 1.25 bits per heavy atom. The minimum atomic E-state index is -3.63. The van der Waals surface area contributed by atoms with Crippen molar-refractivity contribution in [2.45, 2.75) is 43.9 Å². The Bertz CT molecular complexity index is 600. The number of nitrogens with two attached hydrogens (primary N) is 1. The molecule has 0 bridgehead atoms. The molecule has 1 rings (SSSR count). The van der Waals surface area contributed by atoms with Crippen LogP contribution in [0.3, 0.4) is 0 Å². The Labute approximate surface area is 148 Å². The summed E-state index contributed by atoms with van der Waals surface area (Å²) in [5.41, 5.74) is 0. The van der Waals surface area contributed by atoms with E-state index in [2.05, 4.69) is 22.5 Å². The van der Waals surface area contributed by atoms with E-state index in [9.17, 15) is 8.42 Å². The summed E-state index contributed by atoms with van der Waals surface area (Å²) in [6.07, 6.45) is 3.15. The first-order valence-electron chi connectivity index (χ1n) is 8.18. The van der Waals surface area contributed by atoms with Gasteiger partial charge in [-0.1, -0.05) is 13.3 Å². The second-order valence-corrected chi connectivity index (χ2v) is 8.16. The molecule has 0 unspecified atom stereocenters. The zero-order valence-corrected chi connectivity index (χ0v) is 16.0. The molecule has 0 aliphatic carbocycles. The fraction of sp³-hybridized carbons (Fsp3) is 0.667. The SMILES string of the molecule is CCCCOCCCNC(=NCc1ccc(S(N)(=O)=O)s1)NCC. The number of ether oxygens (including phenoxy) is 1. The molecule has 0 spiro atoms. The van der Waals surface area contributed by atoms with Crippen LogP contribution in [0.4, 0.5) is 0 Å². The lowest BCUT2D eigenvalue weighted by atomic mass is 10.4. The van der Waals surface area contributed by atoms with E-state index >= 15 is 0 Å². The van der Waals surface area contributed by atoms with Crippen molar-refractivity contribution in [3.8, 4) is 0 Å². The van der Waals surface area contributed by atoms with Crippen molar-refractivity contribution in [1.82, 2.24) is 10.6 Å². The molecule has 1 heterocycles. The van der Waals surface area contributed by atoms with Crippen molar-refractivity contribution in [2.75, 3.05) is 26.3 Å². The maximum Gasteiger partial charge on any atom is 0.247 e. The quantitative estimate of drug-likeness (QED) is 0.309. The number of aliphatic imine (C=N–C) groups is 1. The first-order valence-corrected chi connectivity index (χ1v) is 10.5. The zero-order valence-electron chi connectivity index (χ0n) is 14.4. The molecule has 1 aromatic rings. The number of hydrogen-bond donors (Lipinski definition) is 3. The van der Waals surface area contributed by atoms with Gasteiger partial charge in [-0.2, -0.15) is 0 Å². The van der Waals surface area contributed by atoms with E-state index in [0.29, 0.717) is 12.5 Å². The normalized spacial score (nSPS) is 12.4. The predicted molar refractivity (Wildman–Crippen MR) is 98.9 cm³/mol. The van der Waals surface area contributed by atoms with Gasteiger partial charge in [0.25, 0.3) is 0 Å². The lowest BCUT2D eigenvalue weighted by Crippen LogP contribution is -2.38. The van der Waals surface area contributed by atoms with E-state index in [1.54, 1.807) is 6.07 Å². The van der Waals surface area contributed by atoms with Gasteiger partial charge in [-0.05, 0) is 31.9 Å². The van der Waals surface area contributed by atoms with Crippen LogP contribution in [0.5, 0.6) is 0 Å². The van der Waals surface area contributed by atoms with Gasteiger partial charge >= 0.3 is 0 Å². The number of nitrogens with zero attached hydrogens (tertiary/aromatic N) is 1. The topological polar surface area (TPSA) is 106 Å². The number of primary sulfonamides is 1. The summed E-state index contributed by atoms with van der Waals surface area (Å²) < 4.78 is 28.2. The second kappa shape index (κ2) is 11.4. The lowest BCUT2D eigenvalue weighted by molar-refractivity contribution is 0.129. The van der Waals surface area contributed by atoms with Gasteiger partial charge in [-0.15, -0.1) is 11.3 Å². The number of nitrogens with one attached hydrogen (secondary N) is 2. The summed E-state index contributed by atoms with van der Waals surface area (Å²) >= 11 is 1.14. The largest absolute Gasteiger partial charge is 0.381 e. The van der Waals surface area contributed by atoms with Gasteiger partial charge in [0.05, 0.1) is 6.54 Å². The summed E-state index contributed by atoms with van der Waals surface area (Å²) in [6, 6.07) is 3.25. The van der Waals surface area contributed by atoms with Gasteiger partial charge in [-0.3, -0.25) is 0 Å². The monoisotopic (exact) mass is 376 g/mol. The summed E-state index contributed by atoms with van der Waals surface area (Å²) in [4.78, 5) is 5.30. The van der Waals surface area contributed by atoms with Crippen LogP contribution in [0.1, 0.15) is 38.0 Å². The van der Waals surface area contributed by atoms with E-state index in [-0.39, 0.29) is 4.21 Å². The Balaban J connectivity index is 2.40. The number of unbranched alkanes of at least 4 members (excludes halogenated alkanes) is 1. The molecule has 0 radical (unpaired) electrons. The zero-order chi connectivity index (χ0) is 17.8. The van der Waals surface area contributed by atoms with Gasteiger partial charge < -0.3 is 15.4 Å². The molecule has 24 heavy (non-hydrogen) atoms. The number of rotatable bonds is 11. The Morgan fingerprint density at radius 3 is 2.62 bits per heavy atom. The van der Waals surface area contributed by atoms with Crippen LogP contribution in [-0.2, 0) is 21.3 Å². The van der Waals surface area contributed by atoms with E-state index in [0.717, 1.165) is 61.8 Å². The van der Waals surface area contributed by atoms with Crippen LogP contribution in [0.2, 0.25) is 0 Å². The molecule has 9 heteroatoms. The minimum absolute atomic E-state index is 0.162. The average molecular weight is 377 g/mol. The number of thiophene rings is 1. The van der Waals surface area contributed by atoms with Crippen molar-refractivity contribution in [2.24, 2.45) is 10.1 Å². The first-order chi connectivity index (χ1) is 11.5. The predicted octanol–water partition coefficient (Wildman–Crippen LogP) is 1.66. The third-order valence-electron chi connectivity index (χ3n) is 3.05. The van der Waals surface area contributed by atoms with Crippen molar-refractivity contribution < 1.29 is 13.2 Å². The lowest BCUT2D eigenvalue weighted by Gasteiger charge is -2.11. The van der Waals surface area contributed by atoms with Gasteiger partial charge in [-0.25, -0.2) is 18.5 Å². The molecule has 0 saturated carbocycles. The fourth-order valence-electron chi connectivity index (χ4n) is 1.82. The van der Waals surface area contributed by atoms with Crippen LogP contribution in [0, 0.1) is 0 Å². The summed E-state index contributed by atoms with van der Waals surface area (Å²) in [5, 5.41) is 11.5. The van der Waals surface area contributed by atoms with E-state index in [1.807, 2.05) is 6.92 Å². The third kappa shape index (κ3) is 8.62. The van der Waals surface area contributed by atoms with Gasteiger partial charge in [0.15, 0.2) is 5.96 Å². The Kier molecular flexibility index (Phi) is 9.92. The van der Waals surface area contributed by atoms with Crippen molar-refractivity contribution in [1.29, 1.82) is 0 Å². The summed E-state index contributed by atoms with van der Waals surface area (Å²) in [5.74, 6) is 0.705. The van der Waals surface area contributed by atoms with E-state index < -0.39 is 10.0 Å². The molecule has 0 amide bonds. The van der Waals surface area contributed by atoms with Gasteiger partial charge in [0.2, 0.25) is 10.0 Å². The molecule has 4 N–H and O–H groups in total. The van der Waals surface area contributed by atoms with Crippen LogP contribution in [0.15, 0.2) is 21.3 Å². The number of guanidine groups is 1. The molecule has 7 nitrogen and oxygen atoms in total. The van der Waals surface area contributed by atoms with Crippen LogP contribution < -0.4 is 15.8 Å². The molecule has 0 aliphatic rings.